The van der Waals surface area contributed by atoms with Crippen molar-refractivity contribution in [3.05, 3.63) is 0 Å². The zero-order valence-corrected chi connectivity index (χ0v) is 13.3. The van der Waals surface area contributed by atoms with Crippen molar-refractivity contribution in [1.82, 2.24) is 5.32 Å². The second-order valence-corrected chi connectivity index (χ2v) is 7.80. The van der Waals surface area contributed by atoms with Crippen LogP contribution < -0.4 is 11.1 Å². The Bertz CT molecular complexity index is 310. The molecule has 0 saturated carbocycles. The lowest BCUT2D eigenvalue weighted by Crippen LogP contribution is -2.32. The minimum absolute atomic E-state index is 0.0577. The maximum atomic E-state index is 11.5. The molecule has 0 aliphatic carbocycles. The molecule has 0 aromatic heterocycles. The van der Waals surface area contributed by atoms with Crippen molar-refractivity contribution in [1.29, 1.82) is 0 Å². The van der Waals surface area contributed by atoms with Crippen LogP contribution in [0.4, 0.5) is 0 Å². The van der Waals surface area contributed by atoms with Crippen LogP contribution >= 0.6 is 21.6 Å². The Balaban J connectivity index is 1.91. The van der Waals surface area contributed by atoms with Crippen LogP contribution in [0.25, 0.3) is 0 Å². The van der Waals surface area contributed by atoms with Gasteiger partial charge in [-0.3, -0.25) is 9.59 Å². The van der Waals surface area contributed by atoms with Crippen LogP contribution in [0.2, 0.25) is 0 Å². The zero-order valence-electron chi connectivity index (χ0n) is 11.7. The molecule has 0 radical (unpaired) electrons. The molecule has 116 valence electrons. The van der Waals surface area contributed by atoms with Crippen molar-refractivity contribution >= 4 is 33.5 Å². The first-order chi connectivity index (χ1) is 9.59. The van der Waals surface area contributed by atoms with Crippen LogP contribution in [0.1, 0.15) is 44.9 Å². The monoisotopic (exact) mass is 320 g/mol. The first-order valence-electron chi connectivity index (χ1n) is 7.13. The lowest BCUT2D eigenvalue weighted by molar-refractivity contribution is -0.138. The predicted molar refractivity (Wildman–Crippen MR) is 84.8 cm³/mol. The Morgan fingerprint density at radius 3 is 2.80 bits per heavy atom. The molecule has 20 heavy (non-hydrogen) atoms. The molecular weight excluding hydrogens is 296 g/mol. The van der Waals surface area contributed by atoms with E-state index in [0.717, 1.165) is 18.1 Å². The number of aliphatic carboxylic acids is 1. The standard InChI is InChI=1S/C13H24N2O3S2/c14-11(13(17)18)5-3-8-15-12(16)6-2-1-4-10-7-9-19-20-10/h10-11H,1-9,14H2,(H,15,16)(H,17,18)/t10-,11?/m1/s1. The van der Waals surface area contributed by atoms with Gasteiger partial charge in [0.15, 0.2) is 0 Å². The van der Waals surface area contributed by atoms with Gasteiger partial charge in [0.2, 0.25) is 5.91 Å². The molecule has 1 unspecified atom stereocenters. The molecular formula is C13H24N2O3S2. The second kappa shape index (κ2) is 10.3. The van der Waals surface area contributed by atoms with Crippen molar-refractivity contribution in [2.75, 3.05) is 12.3 Å². The van der Waals surface area contributed by atoms with Gasteiger partial charge in [0.25, 0.3) is 0 Å². The van der Waals surface area contributed by atoms with E-state index < -0.39 is 12.0 Å². The SMILES string of the molecule is NC(CCCNC(=O)CCCC[C@@H]1CCSS1)C(=O)O. The van der Waals surface area contributed by atoms with Crippen LogP contribution in [0.5, 0.6) is 0 Å². The summed E-state index contributed by atoms with van der Waals surface area (Å²) < 4.78 is 0. The summed E-state index contributed by atoms with van der Waals surface area (Å²) >= 11 is 0. The predicted octanol–water partition coefficient (Wildman–Crippen LogP) is 2.01. The van der Waals surface area contributed by atoms with Gasteiger partial charge < -0.3 is 16.2 Å². The number of carboxylic acid groups (broad SMARTS) is 1. The quantitative estimate of drug-likeness (QED) is 0.421. The number of nitrogens with two attached hydrogens (primary N) is 1. The lowest BCUT2D eigenvalue weighted by Gasteiger charge is -2.08. The third kappa shape index (κ3) is 8.01. The van der Waals surface area contributed by atoms with E-state index >= 15 is 0 Å². The Labute approximate surface area is 128 Å². The van der Waals surface area contributed by atoms with Crippen LogP contribution in [0, 0.1) is 0 Å². The highest BCUT2D eigenvalue weighted by Crippen LogP contribution is 2.39. The number of amides is 1. The van der Waals surface area contributed by atoms with Gasteiger partial charge in [-0.1, -0.05) is 28.0 Å². The van der Waals surface area contributed by atoms with Gasteiger partial charge in [0.1, 0.15) is 6.04 Å². The number of hydrogen-bond acceptors (Lipinski definition) is 5. The number of carbonyl (C=O) groups is 2. The molecule has 1 saturated heterocycles. The molecule has 0 aromatic carbocycles. The Morgan fingerprint density at radius 1 is 1.35 bits per heavy atom. The molecule has 0 bridgehead atoms. The highest BCUT2D eigenvalue weighted by molar-refractivity contribution is 8.77. The van der Waals surface area contributed by atoms with Gasteiger partial charge in [0.05, 0.1) is 0 Å². The van der Waals surface area contributed by atoms with Gasteiger partial charge in [0, 0.05) is 24.0 Å². The third-order valence-electron chi connectivity index (χ3n) is 3.24. The summed E-state index contributed by atoms with van der Waals surface area (Å²) in [5.41, 5.74) is 5.38. The van der Waals surface area contributed by atoms with Crippen LogP contribution in [-0.2, 0) is 9.59 Å². The van der Waals surface area contributed by atoms with Crippen molar-refractivity contribution in [2.24, 2.45) is 5.73 Å². The number of hydrogen-bond donors (Lipinski definition) is 3. The maximum Gasteiger partial charge on any atom is 0.320 e. The van der Waals surface area contributed by atoms with Gasteiger partial charge in [-0.2, -0.15) is 0 Å². The van der Waals surface area contributed by atoms with Crippen LogP contribution in [0.3, 0.4) is 0 Å². The van der Waals surface area contributed by atoms with E-state index in [9.17, 15) is 9.59 Å². The van der Waals surface area contributed by atoms with Crippen LogP contribution in [-0.4, -0.2) is 40.6 Å². The molecule has 1 heterocycles. The Kier molecular flexibility index (Phi) is 9.13. The fourth-order valence-electron chi connectivity index (χ4n) is 1.98. The Hall–Kier alpha value is -0.400. The van der Waals surface area contributed by atoms with Gasteiger partial charge in [-0.15, -0.1) is 0 Å². The first-order valence-corrected chi connectivity index (χ1v) is 9.51. The Morgan fingerprint density at radius 2 is 2.15 bits per heavy atom. The van der Waals surface area contributed by atoms with Gasteiger partial charge in [-0.05, 0) is 32.1 Å². The highest BCUT2D eigenvalue weighted by atomic mass is 33.1. The van der Waals surface area contributed by atoms with Crippen molar-refractivity contribution in [2.45, 2.75) is 56.2 Å². The molecule has 1 aliphatic heterocycles. The topological polar surface area (TPSA) is 92.4 Å². The highest BCUT2D eigenvalue weighted by Gasteiger charge is 2.15. The summed E-state index contributed by atoms with van der Waals surface area (Å²) in [6.45, 7) is 0.509. The molecule has 1 fully saturated rings. The van der Waals surface area contributed by atoms with Crippen molar-refractivity contribution < 1.29 is 14.7 Å². The largest absolute Gasteiger partial charge is 0.480 e. The fraction of sp³-hybridized carbons (Fsp3) is 0.846. The van der Waals surface area contributed by atoms with Crippen LogP contribution in [0.15, 0.2) is 0 Å². The summed E-state index contributed by atoms with van der Waals surface area (Å²) in [4.78, 5) is 22.0. The van der Waals surface area contributed by atoms with Gasteiger partial charge >= 0.3 is 5.97 Å². The molecule has 1 amide bonds. The number of carboxylic acids is 1. The average molecular weight is 320 g/mol. The molecule has 2 atom stereocenters. The second-order valence-electron chi connectivity index (χ2n) is 5.01. The molecule has 1 rings (SSSR count). The number of nitrogens with one attached hydrogen (secondary N) is 1. The molecule has 4 N–H and O–H groups in total. The molecule has 5 nitrogen and oxygen atoms in total. The van der Waals surface area contributed by atoms with E-state index in [1.54, 1.807) is 0 Å². The summed E-state index contributed by atoms with van der Waals surface area (Å²) in [6.07, 6.45) is 6.11. The lowest BCUT2D eigenvalue weighted by atomic mass is 10.1. The normalized spacial score (nSPS) is 19.8. The summed E-state index contributed by atoms with van der Waals surface area (Å²) in [7, 11) is 3.93. The van der Waals surface area contributed by atoms with E-state index in [1.807, 2.05) is 21.6 Å². The van der Waals surface area contributed by atoms with E-state index in [0.29, 0.717) is 25.8 Å². The molecule has 7 heteroatoms. The van der Waals surface area contributed by atoms with E-state index in [2.05, 4.69) is 5.32 Å². The number of unbranched alkanes of at least 4 members (excludes halogenated alkanes) is 1. The first kappa shape index (κ1) is 17.7. The summed E-state index contributed by atoms with van der Waals surface area (Å²) in [5.74, 6) is 0.329. The summed E-state index contributed by atoms with van der Waals surface area (Å²) in [6, 6.07) is -0.825. The van der Waals surface area contributed by atoms with Crippen molar-refractivity contribution in [3.8, 4) is 0 Å². The smallest absolute Gasteiger partial charge is 0.320 e. The third-order valence-corrected chi connectivity index (χ3v) is 6.25. The number of rotatable bonds is 10. The average Bonchev–Trinajstić information content (AvgIpc) is 2.92. The van der Waals surface area contributed by atoms with E-state index in [-0.39, 0.29) is 5.91 Å². The van der Waals surface area contributed by atoms with E-state index in [1.165, 1.54) is 18.6 Å². The molecule has 0 spiro atoms. The van der Waals surface area contributed by atoms with E-state index in [4.69, 9.17) is 10.8 Å². The number of carbonyl (C=O) groups excluding carboxylic acids is 1. The van der Waals surface area contributed by atoms with Gasteiger partial charge in [-0.25, -0.2) is 0 Å². The zero-order chi connectivity index (χ0) is 14.8. The molecule has 1 aliphatic rings. The van der Waals surface area contributed by atoms with Crippen molar-refractivity contribution in [3.63, 3.8) is 0 Å². The minimum Gasteiger partial charge on any atom is -0.480 e. The molecule has 0 aromatic rings. The summed E-state index contributed by atoms with van der Waals surface area (Å²) in [5, 5.41) is 12.2. The minimum atomic E-state index is -0.987. The fourth-order valence-corrected chi connectivity index (χ4v) is 5.01. The maximum absolute atomic E-state index is 11.5.